The van der Waals surface area contributed by atoms with E-state index in [1.165, 1.54) is 0 Å². The summed E-state index contributed by atoms with van der Waals surface area (Å²) in [5.41, 5.74) is 2.95. The lowest BCUT2D eigenvalue weighted by Crippen LogP contribution is -2.05. The van der Waals surface area contributed by atoms with E-state index in [9.17, 15) is 0 Å². The van der Waals surface area contributed by atoms with Crippen molar-refractivity contribution < 1.29 is 18.6 Å². The third kappa shape index (κ3) is 3.47. The third-order valence-electron chi connectivity index (χ3n) is 4.63. The molecule has 1 aliphatic heterocycles. The first-order valence-corrected chi connectivity index (χ1v) is 9.78. The van der Waals surface area contributed by atoms with E-state index in [-0.39, 0.29) is 5.25 Å². The largest absolute Gasteiger partial charge is 0.493 e. The number of ether oxygens (including phenoxy) is 3. The van der Waals surface area contributed by atoms with Crippen LogP contribution in [0.4, 0.5) is 5.69 Å². The zero-order valence-corrected chi connectivity index (χ0v) is 16.8. The molecule has 1 atom stereocenters. The van der Waals surface area contributed by atoms with Crippen LogP contribution in [0, 0.1) is 0 Å². The number of para-hydroxylation sites is 1. The topological polar surface area (TPSA) is 53.2 Å². The molecule has 0 amide bonds. The smallest absolute Gasteiger partial charge is 0.203 e. The fourth-order valence-electron chi connectivity index (χ4n) is 3.28. The van der Waals surface area contributed by atoms with Crippen LogP contribution in [-0.2, 0) is 0 Å². The number of hydrogen-bond acceptors (Lipinski definition) is 6. The molecule has 0 spiro atoms. The predicted octanol–water partition coefficient (Wildman–Crippen LogP) is 5.66. The Kier molecular flexibility index (Phi) is 5.30. The molecule has 0 unspecified atom stereocenters. The molecule has 5 nitrogen and oxygen atoms in total. The van der Waals surface area contributed by atoms with Gasteiger partial charge in [0, 0.05) is 16.6 Å². The van der Waals surface area contributed by atoms with E-state index < -0.39 is 0 Å². The first-order chi connectivity index (χ1) is 13.7. The first-order valence-electron chi connectivity index (χ1n) is 8.90. The molecule has 0 radical (unpaired) electrons. The number of furan rings is 1. The van der Waals surface area contributed by atoms with E-state index in [2.05, 4.69) is 6.07 Å². The summed E-state index contributed by atoms with van der Waals surface area (Å²) in [5.74, 6) is 2.67. The zero-order valence-electron chi connectivity index (χ0n) is 16.0. The van der Waals surface area contributed by atoms with E-state index >= 15 is 0 Å². The summed E-state index contributed by atoms with van der Waals surface area (Å²) in [7, 11) is 4.87. The number of benzene rings is 2. The second-order valence-corrected chi connectivity index (χ2v) is 7.52. The Hall–Kier alpha value is -2.86. The molecule has 0 fully saturated rings. The SMILES string of the molecule is COc1cc([C@@H]2CC(c3ccco3)=Nc3ccccc3S2)cc(OC)c1OC. The minimum Gasteiger partial charge on any atom is -0.493 e. The van der Waals surface area contributed by atoms with Gasteiger partial charge in [-0.15, -0.1) is 11.8 Å². The van der Waals surface area contributed by atoms with Crippen LogP contribution in [0.25, 0.3) is 0 Å². The normalized spacial score (nSPS) is 16.0. The van der Waals surface area contributed by atoms with Gasteiger partial charge in [-0.1, -0.05) is 12.1 Å². The van der Waals surface area contributed by atoms with Gasteiger partial charge in [0.15, 0.2) is 11.5 Å². The Balaban J connectivity index is 1.81. The van der Waals surface area contributed by atoms with Crippen molar-refractivity contribution in [1.82, 2.24) is 0 Å². The number of nitrogens with zero attached hydrogens (tertiary/aromatic N) is 1. The molecule has 1 aliphatic rings. The minimum atomic E-state index is 0.112. The molecule has 28 heavy (non-hydrogen) atoms. The lowest BCUT2D eigenvalue weighted by molar-refractivity contribution is 0.324. The van der Waals surface area contributed by atoms with Crippen LogP contribution in [0.1, 0.15) is 23.0 Å². The maximum absolute atomic E-state index is 5.64. The van der Waals surface area contributed by atoms with Gasteiger partial charge in [-0.3, -0.25) is 0 Å². The van der Waals surface area contributed by atoms with Crippen LogP contribution in [0.15, 0.2) is 69.1 Å². The van der Waals surface area contributed by atoms with Crippen LogP contribution in [0.5, 0.6) is 17.2 Å². The fraction of sp³-hybridized carbons (Fsp3) is 0.227. The van der Waals surface area contributed by atoms with Gasteiger partial charge in [0.25, 0.3) is 0 Å². The number of aliphatic imine (C=N–C) groups is 1. The summed E-state index contributed by atoms with van der Waals surface area (Å²) in [6.07, 6.45) is 2.39. The Labute approximate surface area is 168 Å². The molecule has 4 rings (SSSR count). The van der Waals surface area contributed by atoms with Crippen molar-refractivity contribution in [1.29, 1.82) is 0 Å². The summed E-state index contributed by atoms with van der Waals surface area (Å²) < 4.78 is 22.2. The molecule has 1 aromatic heterocycles. The van der Waals surface area contributed by atoms with E-state index in [1.807, 2.05) is 42.5 Å². The molecular formula is C22H21NO4S. The van der Waals surface area contributed by atoms with Crippen molar-refractivity contribution in [3.8, 4) is 17.2 Å². The molecular weight excluding hydrogens is 374 g/mol. The molecule has 6 heteroatoms. The molecule has 0 N–H and O–H groups in total. The van der Waals surface area contributed by atoms with Crippen molar-refractivity contribution >= 4 is 23.2 Å². The number of fused-ring (bicyclic) bond motifs is 1. The predicted molar refractivity (Wildman–Crippen MR) is 111 cm³/mol. The lowest BCUT2D eigenvalue weighted by atomic mass is 10.0. The number of rotatable bonds is 5. The second kappa shape index (κ2) is 8.02. The van der Waals surface area contributed by atoms with Gasteiger partial charge in [0.2, 0.25) is 5.75 Å². The van der Waals surface area contributed by atoms with Crippen LogP contribution in [0.2, 0.25) is 0 Å². The van der Waals surface area contributed by atoms with Crippen LogP contribution >= 0.6 is 11.8 Å². The van der Waals surface area contributed by atoms with Gasteiger partial charge < -0.3 is 18.6 Å². The average molecular weight is 395 g/mol. The summed E-state index contributed by atoms with van der Waals surface area (Å²) in [5, 5.41) is 0.112. The van der Waals surface area contributed by atoms with Gasteiger partial charge in [-0.05, 0) is 42.0 Å². The molecule has 0 bridgehead atoms. The zero-order chi connectivity index (χ0) is 19.5. The van der Waals surface area contributed by atoms with Crippen molar-refractivity contribution in [3.63, 3.8) is 0 Å². The highest BCUT2D eigenvalue weighted by Crippen LogP contribution is 2.49. The molecule has 3 aromatic rings. The van der Waals surface area contributed by atoms with Gasteiger partial charge in [-0.2, -0.15) is 0 Å². The van der Waals surface area contributed by atoms with Gasteiger partial charge in [0.1, 0.15) is 5.76 Å². The third-order valence-corrected chi connectivity index (χ3v) is 5.96. The van der Waals surface area contributed by atoms with Gasteiger partial charge in [0.05, 0.1) is 39.0 Å². The standard InChI is InChI=1S/C22H21NO4S/c1-24-18-11-14(12-19(25-2)22(18)26-3)21-13-16(17-8-6-10-27-17)23-15-7-4-5-9-20(15)28-21/h4-12,21H,13H2,1-3H3/t21-/m0/s1. The van der Waals surface area contributed by atoms with Gasteiger partial charge in [-0.25, -0.2) is 4.99 Å². The van der Waals surface area contributed by atoms with E-state index in [0.29, 0.717) is 23.7 Å². The van der Waals surface area contributed by atoms with Crippen LogP contribution in [0.3, 0.4) is 0 Å². The summed E-state index contributed by atoms with van der Waals surface area (Å²) in [4.78, 5) is 6.02. The number of hydrogen-bond donors (Lipinski definition) is 0. The molecule has 0 aliphatic carbocycles. The molecule has 2 heterocycles. The van der Waals surface area contributed by atoms with Crippen LogP contribution in [-0.4, -0.2) is 27.0 Å². The van der Waals surface area contributed by atoms with Crippen molar-refractivity contribution in [2.45, 2.75) is 16.6 Å². The van der Waals surface area contributed by atoms with E-state index in [1.54, 1.807) is 39.4 Å². The number of thioether (sulfide) groups is 1. The highest BCUT2D eigenvalue weighted by atomic mass is 32.2. The Morgan fingerprint density at radius 2 is 1.71 bits per heavy atom. The molecule has 0 saturated heterocycles. The van der Waals surface area contributed by atoms with Gasteiger partial charge >= 0.3 is 0 Å². The minimum absolute atomic E-state index is 0.112. The Morgan fingerprint density at radius 1 is 0.964 bits per heavy atom. The second-order valence-electron chi connectivity index (χ2n) is 6.27. The molecule has 144 valence electrons. The highest BCUT2D eigenvalue weighted by Gasteiger charge is 2.26. The summed E-state index contributed by atoms with van der Waals surface area (Å²) in [6, 6.07) is 16.0. The Morgan fingerprint density at radius 3 is 2.36 bits per heavy atom. The van der Waals surface area contributed by atoms with E-state index in [4.69, 9.17) is 23.6 Å². The Bertz CT molecular complexity index is 973. The maximum atomic E-state index is 5.64. The van der Waals surface area contributed by atoms with Crippen molar-refractivity contribution in [2.24, 2.45) is 4.99 Å². The average Bonchev–Trinajstić information content (AvgIpc) is 3.20. The van der Waals surface area contributed by atoms with Crippen LogP contribution < -0.4 is 14.2 Å². The highest BCUT2D eigenvalue weighted by molar-refractivity contribution is 7.99. The van der Waals surface area contributed by atoms with Crippen molar-refractivity contribution in [3.05, 3.63) is 66.1 Å². The van der Waals surface area contributed by atoms with Crippen molar-refractivity contribution in [2.75, 3.05) is 21.3 Å². The maximum Gasteiger partial charge on any atom is 0.203 e. The monoisotopic (exact) mass is 395 g/mol. The van der Waals surface area contributed by atoms with E-state index in [0.717, 1.165) is 27.6 Å². The lowest BCUT2D eigenvalue weighted by Gasteiger charge is -2.19. The quantitative estimate of drug-likeness (QED) is 0.558. The fourth-order valence-corrected chi connectivity index (χ4v) is 4.49. The molecule has 0 saturated carbocycles. The molecule has 2 aromatic carbocycles. The first kappa shape index (κ1) is 18.5. The number of methoxy groups -OCH3 is 3. The summed E-state index contributed by atoms with van der Waals surface area (Å²) in [6.45, 7) is 0. The summed E-state index contributed by atoms with van der Waals surface area (Å²) >= 11 is 1.78.